The summed E-state index contributed by atoms with van der Waals surface area (Å²) in [5, 5.41) is 5.78. The fourth-order valence-corrected chi connectivity index (χ4v) is 5.08. The highest BCUT2D eigenvalue weighted by Crippen LogP contribution is 2.37. The first kappa shape index (κ1) is 19.7. The molecule has 4 heterocycles. The molecular weight excluding hydrogens is 400 g/mol. The molecule has 1 unspecified atom stereocenters. The zero-order valence-corrected chi connectivity index (χ0v) is 18.1. The van der Waals surface area contributed by atoms with Gasteiger partial charge in [0.05, 0.1) is 17.4 Å². The Morgan fingerprint density at radius 2 is 1.84 bits per heavy atom. The Kier molecular flexibility index (Phi) is 5.02. The predicted molar refractivity (Wildman–Crippen MR) is 125 cm³/mol. The molecule has 2 aromatic rings. The van der Waals surface area contributed by atoms with Crippen LogP contribution < -0.4 is 16.5 Å². The summed E-state index contributed by atoms with van der Waals surface area (Å²) >= 11 is 0. The number of hydrogen-bond donors (Lipinski definition) is 3. The predicted octanol–water partition coefficient (Wildman–Crippen LogP) is 2.79. The number of pyridine rings is 1. The lowest BCUT2D eigenvalue weighted by molar-refractivity contribution is 0.0768. The zero-order valence-electron chi connectivity index (χ0n) is 18.1. The van der Waals surface area contributed by atoms with Gasteiger partial charge in [-0.25, -0.2) is 15.4 Å². The molecule has 1 saturated carbocycles. The highest BCUT2D eigenvalue weighted by molar-refractivity contribution is 6.08. The number of hydrazine groups is 1. The molecule has 2 fully saturated rings. The van der Waals surface area contributed by atoms with E-state index in [1.54, 1.807) is 0 Å². The molecule has 7 nitrogen and oxygen atoms in total. The third-order valence-corrected chi connectivity index (χ3v) is 6.83. The van der Waals surface area contributed by atoms with E-state index in [1.165, 1.54) is 5.57 Å². The van der Waals surface area contributed by atoms with Gasteiger partial charge >= 0.3 is 0 Å². The smallest absolute Gasteiger partial charge is 0.154 e. The lowest BCUT2D eigenvalue weighted by Gasteiger charge is -2.30. The molecule has 0 amide bonds. The van der Waals surface area contributed by atoms with Crippen LogP contribution in [0.5, 0.6) is 0 Å². The van der Waals surface area contributed by atoms with Crippen molar-refractivity contribution in [2.75, 3.05) is 19.8 Å². The van der Waals surface area contributed by atoms with Crippen LogP contribution in [0.15, 0.2) is 70.9 Å². The topological polar surface area (TPSA) is 87.8 Å². The van der Waals surface area contributed by atoms with Gasteiger partial charge in [0.25, 0.3) is 0 Å². The Morgan fingerprint density at radius 1 is 1.00 bits per heavy atom. The average Bonchev–Trinajstić information content (AvgIpc) is 3.46. The Bertz CT molecular complexity index is 1100. The highest BCUT2D eigenvalue weighted by atomic mass is 16.5. The van der Waals surface area contributed by atoms with Gasteiger partial charge in [0.15, 0.2) is 5.82 Å². The molecule has 164 valence electrons. The fourth-order valence-electron chi connectivity index (χ4n) is 5.08. The van der Waals surface area contributed by atoms with E-state index >= 15 is 0 Å². The average molecular weight is 429 g/mol. The molecule has 1 atom stereocenters. The molecular formula is C25H28N6O. The standard InChI is InChI=1S/C25H28N6O/c26-24-19-7-9-22(29-18-10-12-32-13-11-18)23(19)30-25-20(15-28-31(24)25)17-6-8-21(27-14-17)16-4-2-1-3-5-16/h1-6,8,14,18,22,28-29H,7,9-13,15,26H2. The third kappa shape index (κ3) is 3.43. The molecule has 0 bridgehead atoms. The summed E-state index contributed by atoms with van der Waals surface area (Å²) in [6, 6.07) is 15.2. The molecule has 1 aromatic carbocycles. The SMILES string of the molecule is NC1=C2CCC(NC3CCOCC3)C2=NC2=C(c3ccc(-c4ccccc4)nc3)CNN12. The van der Waals surface area contributed by atoms with Crippen molar-refractivity contribution < 1.29 is 4.74 Å². The highest BCUT2D eigenvalue weighted by Gasteiger charge is 2.38. The lowest BCUT2D eigenvalue weighted by Crippen LogP contribution is -2.46. The van der Waals surface area contributed by atoms with E-state index < -0.39 is 0 Å². The minimum absolute atomic E-state index is 0.252. The minimum atomic E-state index is 0.252. The summed E-state index contributed by atoms with van der Waals surface area (Å²) in [5.41, 5.74) is 16.6. The second-order valence-corrected chi connectivity index (χ2v) is 8.78. The van der Waals surface area contributed by atoms with Crippen LogP contribution in [-0.4, -0.2) is 47.5 Å². The molecule has 3 aliphatic heterocycles. The van der Waals surface area contributed by atoms with Gasteiger partial charge in [-0.05, 0) is 31.7 Å². The number of fused-ring (bicyclic) bond motifs is 2. The first-order chi connectivity index (χ1) is 15.8. The number of nitrogens with zero attached hydrogens (tertiary/aromatic N) is 3. The summed E-state index contributed by atoms with van der Waals surface area (Å²) in [4.78, 5) is 9.85. The quantitative estimate of drug-likeness (QED) is 0.694. The van der Waals surface area contributed by atoms with Gasteiger partial charge in [0.1, 0.15) is 5.82 Å². The van der Waals surface area contributed by atoms with E-state index in [-0.39, 0.29) is 6.04 Å². The normalized spacial score (nSPS) is 23.4. The maximum absolute atomic E-state index is 6.61. The lowest BCUT2D eigenvalue weighted by atomic mass is 10.0. The number of aliphatic imine (C=N–C) groups is 1. The van der Waals surface area contributed by atoms with Crippen molar-refractivity contribution in [3.8, 4) is 11.3 Å². The summed E-state index contributed by atoms with van der Waals surface area (Å²) in [6.45, 7) is 2.35. The largest absolute Gasteiger partial charge is 0.384 e. The van der Waals surface area contributed by atoms with Gasteiger partial charge in [-0.1, -0.05) is 36.4 Å². The van der Waals surface area contributed by atoms with Crippen LogP contribution in [0, 0.1) is 0 Å². The maximum Gasteiger partial charge on any atom is 0.154 e. The van der Waals surface area contributed by atoms with Crippen molar-refractivity contribution in [3.63, 3.8) is 0 Å². The number of ether oxygens (including phenoxy) is 1. The maximum atomic E-state index is 6.61. The van der Waals surface area contributed by atoms with Crippen LogP contribution in [0.3, 0.4) is 0 Å². The van der Waals surface area contributed by atoms with E-state index in [1.807, 2.05) is 29.4 Å². The third-order valence-electron chi connectivity index (χ3n) is 6.83. The van der Waals surface area contributed by atoms with Gasteiger partial charge in [0.2, 0.25) is 0 Å². The van der Waals surface area contributed by atoms with Crippen LogP contribution in [0.1, 0.15) is 31.2 Å². The second kappa shape index (κ2) is 8.16. The summed E-state index contributed by atoms with van der Waals surface area (Å²) in [5.74, 6) is 1.68. The number of aromatic nitrogens is 1. The van der Waals surface area contributed by atoms with Crippen molar-refractivity contribution in [3.05, 3.63) is 71.4 Å². The second-order valence-electron chi connectivity index (χ2n) is 8.78. The molecule has 7 heteroatoms. The van der Waals surface area contributed by atoms with E-state index in [0.717, 1.165) is 78.6 Å². The van der Waals surface area contributed by atoms with Crippen molar-refractivity contribution >= 4 is 11.3 Å². The van der Waals surface area contributed by atoms with E-state index in [0.29, 0.717) is 12.6 Å². The van der Waals surface area contributed by atoms with Crippen molar-refractivity contribution in [2.24, 2.45) is 10.7 Å². The number of hydrogen-bond acceptors (Lipinski definition) is 7. The van der Waals surface area contributed by atoms with Crippen LogP contribution in [0.25, 0.3) is 16.8 Å². The first-order valence-corrected chi connectivity index (χ1v) is 11.5. The molecule has 6 rings (SSSR count). The van der Waals surface area contributed by atoms with Gasteiger partial charge in [-0.3, -0.25) is 4.98 Å². The van der Waals surface area contributed by atoms with E-state index in [9.17, 15) is 0 Å². The molecule has 0 radical (unpaired) electrons. The van der Waals surface area contributed by atoms with E-state index in [4.69, 9.17) is 20.4 Å². The van der Waals surface area contributed by atoms with Crippen LogP contribution in [-0.2, 0) is 4.74 Å². The van der Waals surface area contributed by atoms with Gasteiger partial charge in [-0.2, -0.15) is 0 Å². The number of nitrogens with two attached hydrogens (primary N) is 1. The van der Waals surface area contributed by atoms with E-state index in [2.05, 4.69) is 35.0 Å². The molecule has 1 saturated heterocycles. The summed E-state index contributed by atoms with van der Waals surface area (Å²) in [6.07, 6.45) is 6.05. The number of benzene rings is 1. The molecule has 4 aliphatic rings. The Hall–Kier alpha value is -3.00. The van der Waals surface area contributed by atoms with Crippen molar-refractivity contribution in [2.45, 2.75) is 37.8 Å². The summed E-state index contributed by atoms with van der Waals surface area (Å²) in [7, 11) is 0. The molecule has 1 aromatic heterocycles. The Morgan fingerprint density at radius 3 is 2.62 bits per heavy atom. The fraction of sp³-hybridized carbons (Fsp3) is 0.360. The molecule has 1 aliphatic carbocycles. The molecule has 4 N–H and O–H groups in total. The summed E-state index contributed by atoms with van der Waals surface area (Å²) < 4.78 is 5.52. The number of rotatable bonds is 4. The Labute approximate surface area is 188 Å². The Balaban J connectivity index is 1.31. The monoisotopic (exact) mass is 428 g/mol. The van der Waals surface area contributed by atoms with Gasteiger partial charge < -0.3 is 15.8 Å². The van der Waals surface area contributed by atoms with Crippen LogP contribution in [0.4, 0.5) is 0 Å². The van der Waals surface area contributed by atoms with Crippen molar-refractivity contribution in [1.29, 1.82) is 0 Å². The first-order valence-electron chi connectivity index (χ1n) is 11.5. The van der Waals surface area contributed by atoms with Crippen molar-refractivity contribution in [1.82, 2.24) is 20.7 Å². The zero-order chi connectivity index (χ0) is 21.5. The van der Waals surface area contributed by atoms with Crippen LogP contribution in [0.2, 0.25) is 0 Å². The van der Waals surface area contributed by atoms with Gasteiger partial charge in [-0.15, -0.1) is 0 Å². The minimum Gasteiger partial charge on any atom is -0.384 e. The number of nitrogens with one attached hydrogen (secondary N) is 2. The van der Waals surface area contributed by atoms with Crippen LogP contribution >= 0.6 is 0 Å². The molecule has 0 spiro atoms. The van der Waals surface area contributed by atoms with Gasteiger partial charge in [0, 0.05) is 54.3 Å². The molecule has 32 heavy (non-hydrogen) atoms.